The zero-order chi connectivity index (χ0) is 36.4. The second-order valence-electron chi connectivity index (χ2n) is 11.2. The lowest BCUT2D eigenvalue weighted by molar-refractivity contribution is -0.142. The zero-order valence-corrected chi connectivity index (χ0v) is 27.6. The minimum absolute atomic E-state index is 0.195. The average molecular weight is 716 g/mol. The van der Waals surface area contributed by atoms with Gasteiger partial charge in [-0.25, -0.2) is 36.0 Å². The van der Waals surface area contributed by atoms with E-state index in [0.29, 0.717) is 28.9 Å². The Morgan fingerprint density at radius 1 is 0.941 bits per heavy atom. The van der Waals surface area contributed by atoms with Gasteiger partial charge in [0.25, 0.3) is 21.5 Å². The highest BCUT2D eigenvalue weighted by molar-refractivity contribution is 7.92. The highest BCUT2D eigenvalue weighted by atomic mass is 32.2. The van der Waals surface area contributed by atoms with Crippen molar-refractivity contribution in [3.05, 3.63) is 141 Å². The summed E-state index contributed by atoms with van der Waals surface area (Å²) in [4.78, 5) is 55.6. The first-order chi connectivity index (χ1) is 24.4. The maximum absolute atomic E-state index is 15.2. The molecule has 0 saturated carbocycles. The second kappa shape index (κ2) is 13.8. The van der Waals surface area contributed by atoms with Gasteiger partial charge >= 0.3 is 11.7 Å². The van der Waals surface area contributed by atoms with Crippen LogP contribution in [0.25, 0.3) is 22.3 Å². The number of hydrogen-bond acceptors (Lipinski definition) is 9. The van der Waals surface area contributed by atoms with Crippen LogP contribution < -0.4 is 21.3 Å². The van der Waals surface area contributed by atoms with Gasteiger partial charge in [0.15, 0.2) is 0 Å². The monoisotopic (exact) mass is 715 g/mol. The van der Waals surface area contributed by atoms with Crippen LogP contribution in [0.3, 0.4) is 0 Å². The van der Waals surface area contributed by atoms with Gasteiger partial charge in [-0.2, -0.15) is 5.10 Å². The lowest BCUT2D eigenvalue weighted by Crippen LogP contribution is -2.43. The molecule has 260 valence electrons. The normalized spacial score (nSPS) is 12.0. The van der Waals surface area contributed by atoms with Crippen LogP contribution in [0.1, 0.15) is 15.9 Å². The summed E-state index contributed by atoms with van der Waals surface area (Å²) in [5.74, 6) is -5.03. The largest absolute Gasteiger partial charge is 0.467 e. The Balaban J connectivity index is 1.19. The van der Waals surface area contributed by atoms with Crippen molar-refractivity contribution in [3.63, 3.8) is 0 Å². The van der Waals surface area contributed by atoms with E-state index in [2.05, 4.69) is 20.1 Å². The fraction of sp³-hybridized carbons (Fsp3) is 0.118. The molecule has 3 aromatic carbocycles. The summed E-state index contributed by atoms with van der Waals surface area (Å²) in [6, 6.07) is 14.5. The fourth-order valence-electron chi connectivity index (χ4n) is 5.37. The van der Waals surface area contributed by atoms with Gasteiger partial charge in [0.2, 0.25) is 0 Å². The van der Waals surface area contributed by atoms with E-state index >= 15 is 8.78 Å². The molecule has 6 rings (SSSR count). The van der Waals surface area contributed by atoms with E-state index in [1.807, 2.05) is 0 Å². The Hall–Kier alpha value is -6.49. The Labute approximate surface area is 287 Å². The molecule has 51 heavy (non-hydrogen) atoms. The van der Waals surface area contributed by atoms with Crippen LogP contribution in [0.5, 0.6) is 0 Å². The second-order valence-corrected chi connectivity index (χ2v) is 12.8. The molecular formula is C34H27F2N7O7S. The van der Waals surface area contributed by atoms with Crippen molar-refractivity contribution in [2.24, 2.45) is 7.05 Å². The van der Waals surface area contributed by atoms with E-state index in [1.54, 1.807) is 18.5 Å². The number of nitrogens with one attached hydrogen (secondary N) is 2. The number of methoxy groups -OCH3 is 1. The maximum Gasteiger partial charge on any atom is 0.335 e. The minimum Gasteiger partial charge on any atom is -0.467 e. The molecule has 2 N–H and O–H groups in total. The van der Waals surface area contributed by atoms with Gasteiger partial charge in [0, 0.05) is 32.1 Å². The number of rotatable bonds is 10. The number of aromatic nitrogens is 5. The summed E-state index contributed by atoms with van der Waals surface area (Å²) >= 11 is 0. The molecule has 0 radical (unpaired) electrons. The molecule has 3 heterocycles. The number of anilines is 1. The van der Waals surface area contributed by atoms with Crippen molar-refractivity contribution < 1.29 is 31.5 Å². The van der Waals surface area contributed by atoms with Gasteiger partial charge in [-0.3, -0.25) is 23.9 Å². The summed E-state index contributed by atoms with van der Waals surface area (Å²) in [6.45, 7) is 0. The summed E-state index contributed by atoms with van der Waals surface area (Å²) < 4.78 is 66.9. The number of carbonyl (C=O) groups excluding carboxylic acids is 2. The molecule has 0 bridgehead atoms. The van der Waals surface area contributed by atoms with Crippen molar-refractivity contribution in [1.82, 2.24) is 29.2 Å². The quantitative estimate of drug-likeness (QED) is 0.202. The SMILES string of the molecule is COC(=O)[C@H](Cc1ccc(-n2c(=O)c3ccncc3n(C)c2=O)cc1)NC(=O)c1c(F)cc(NS(=O)(=O)c2ccc(-n3cccn3)cc2)cc1F. The van der Waals surface area contributed by atoms with Gasteiger partial charge in [-0.1, -0.05) is 12.1 Å². The number of carbonyl (C=O) groups is 2. The number of nitrogens with zero attached hydrogens (tertiary/aromatic N) is 5. The van der Waals surface area contributed by atoms with Crippen LogP contribution in [-0.4, -0.2) is 57.3 Å². The Kier molecular flexibility index (Phi) is 9.29. The van der Waals surface area contributed by atoms with E-state index in [9.17, 15) is 27.6 Å². The van der Waals surface area contributed by atoms with Crippen molar-refractivity contribution in [2.45, 2.75) is 17.4 Å². The molecule has 0 fully saturated rings. The third kappa shape index (κ3) is 6.86. The molecule has 17 heteroatoms. The first-order valence-electron chi connectivity index (χ1n) is 15.0. The summed E-state index contributed by atoms with van der Waals surface area (Å²) in [5.41, 5.74) is -1.13. The van der Waals surface area contributed by atoms with Crippen LogP contribution in [-0.2, 0) is 33.0 Å². The first kappa shape index (κ1) is 34.4. The van der Waals surface area contributed by atoms with E-state index < -0.39 is 62.1 Å². The van der Waals surface area contributed by atoms with Gasteiger partial charge in [0.1, 0.15) is 23.2 Å². The van der Waals surface area contributed by atoms with E-state index in [4.69, 9.17) is 4.74 Å². The Morgan fingerprint density at radius 2 is 1.61 bits per heavy atom. The molecule has 0 aliphatic heterocycles. The molecule has 0 unspecified atom stereocenters. The molecule has 1 atom stereocenters. The van der Waals surface area contributed by atoms with Gasteiger partial charge in [-0.05, 0) is 66.2 Å². The van der Waals surface area contributed by atoms with Crippen LogP contribution >= 0.6 is 0 Å². The lowest BCUT2D eigenvalue weighted by Gasteiger charge is -2.18. The molecule has 6 aromatic rings. The molecule has 1 amide bonds. The number of hydrogen-bond donors (Lipinski definition) is 2. The number of ether oxygens (including phenoxy) is 1. The van der Waals surface area contributed by atoms with Gasteiger partial charge < -0.3 is 10.1 Å². The molecular weight excluding hydrogens is 688 g/mol. The number of benzene rings is 3. The molecule has 3 aromatic heterocycles. The number of sulfonamides is 1. The van der Waals surface area contributed by atoms with Gasteiger partial charge in [0.05, 0.1) is 46.2 Å². The minimum atomic E-state index is -4.29. The smallest absolute Gasteiger partial charge is 0.335 e. The van der Waals surface area contributed by atoms with E-state index in [0.717, 1.165) is 11.7 Å². The van der Waals surface area contributed by atoms with Crippen LogP contribution in [0.4, 0.5) is 14.5 Å². The number of halogens is 2. The Morgan fingerprint density at radius 3 is 2.24 bits per heavy atom. The number of esters is 1. The van der Waals surface area contributed by atoms with Crippen LogP contribution in [0.2, 0.25) is 0 Å². The zero-order valence-electron chi connectivity index (χ0n) is 26.8. The molecule has 0 aliphatic rings. The molecule has 0 saturated heterocycles. The van der Waals surface area contributed by atoms with E-state index in [1.165, 1.54) is 83.3 Å². The number of aryl methyl sites for hydroxylation is 1. The van der Waals surface area contributed by atoms with Crippen molar-refractivity contribution >= 4 is 38.5 Å². The number of pyridine rings is 1. The van der Waals surface area contributed by atoms with E-state index in [-0.39, 0.29) is 22.4 Å². The standard InChI is InChI=1S/C34H27F2N7O7S/c1-41-29-19-37-14-12-25(29)32(45)43(34(41)47)23-6-4-20(5-7-23)16-28(33(46)50-2)39-31(44)30-26(35)17-21(18-27(30)36)40-51(48,49)24-10-8-22(9-11-24)42-15-3-13-38-42/h3-15,17-19,28,40H,16H2,1-2H3,(H,39,44)/t28-/m0/s1. The van der Waals surface area contributed by atoms with Crippen LogP contribution in [0, 0.1) is 11.6 Å². The van der Waals surface area contributed by atoms with Crippen molar-refractivity contribution in [1.29, 1.82) is 0 Å². The third-order valence-corrected chi connectivity index (χ3v) is 9.33. The summed E-state index contributed by atoms with van der Waals surface area (Å²) in [6.07, 6.45) is 5.86. The predicted molar refractivity (Wildman–Crippen MR) is 180 cm³/mol. The highest BCUT2D eigenvalue weighted by Crippen LogP contribution is 2.23. The number of fused-ring (bicyclic) bond motifs is 1. The van der Waals surface area contributed by atoms with Gasteiger partial charge in [-0.15, -0.1) is 0 Å². The topological polar surface area (TPSA) is 176 Å². The lowest BCUT2D eigenvalue weighted by atomic mass is 10.0. The molecule has 0 aliphatic carbocycles. The van der Waals surface area contributed by atoms with Crippen LogP contribution in [0.15, 0.2) is 112 Å². The molecule has 14 nitrogen and oxygen atoms in total. The Bertz CT molecular complexity index is 2500. The van der Waals surface area contributed by atoms with Crippen molar-refractivity contribution in [2.75, 3.05) is 11.8 Å². The highest BCUT2D eigenvalue weighted by Gasteiger charge is 2.27. The summed E-state index contributed by atoms with van der Waals surface area (Å²) in [7, 11) is -1.72. The fourth-order valence-corrected chi connectivity index (χ4v) is 6.41. The third-order valence-electron chi connectivity index (χ3n) is 7.94. The molecule has 0 spiro atoms. The summed E-state index contributed by atoms with van der Waals surface area (Å²) in [5, 5.41) is 6.59. The number of amides is 1. The first-order valence-corrected chi connectivity index (χ1v) is 16.5. The predicted octanol–water partition coefficient (Wildman–Crippen LogP) is 2.86. The average Bonchev–Trinajstić information content (AvgIpc) is 3.66. The maximum atomic E-state index is 15.2. The van der Waals surface area contributed by atoms with Crippen molar-refractivity contribution in [3.8, 4) is 11.4 Å².